The molecule has 0 saturated carbocycles. The molecule has 3 atom stereocenters. The van der Waals surface area contributed by atoms with Crippen LogP contribution >= 0.6 is 0 Å². The van der Waals surface area contributed by atoms with Gasteiger partial charge in [0.2, 0.25) is 0 Å². The van der Waals surface area contributed by atoms with Crippen LogP contribution in [-0.4, -0.2) is 36.6 Å². The number of nitrogens with one attached hydrogen (secondary N) is 1. The highest BCUT2D eigenvalue weighted by molar-refractivity contribution is 4.97. The summed E-state index contributed by atoms with van der Waals surface area (Å²) in [6.07, 6.45) is 12.9. The van der Waals surface area contributed by atoms with Crippen LogP contribution in [0.5, 0.6) is 0 Å². The molecule has 2 heterocycles. The number of allylic oxidation sites excluding steroid dienone is 2. The monoisotopic (exact) mass is 220 g/mol. The second-order valence-corrected chi connectivity index (χ2v) is 5.70. The minimum absolute atomic E-state index is 0.799. The fourth-order valence-corrected chi connectivity index (χ4v) is 3.68. The fraction of sp³-hybridized carbons (Fsp3) is 0.857. The van der Waals surface area contributed by atoms with E-state index in [1.165, 1.54) is 58.2 Å². The molecule has 2 nitrogen and oxygen atoms in total. The van der Waals surface area contributed by atoms with Gasteiger partial charge in [-0.2, -0.15) is 0 Å². The molecular formula is C14H24N2. The number of fused-ring (bicyclic) bond motifs is 1. The lowest BCUT2D eigenvalue weighted by molar-refractivity contribution is 0.291. The van der Waals surface area contributed by atoms with Gasteiger partial charge in [0.05, 0.1) is 0 Å². The van der Waals surface area contributed by atoms with Crippen LogP contribution in [0.1, 0.15) is 38.5 Å². The molecule has 3 unspecified atom stereocenters. The summed E-state index contributed by atoms with van der Waals surface area (Å²) in [6, 6.07) is 1.67. The summed E-state index contributed by atoms with van der Waals surface area (Å²) in [5, 5.41) is 3.85. The van der Waals surface area contributed by atoms with Crippen LogP contribution in [-0.2, 0) is 0 Å². The molecule has 0 aromatic rings. The molecule has 2 fully saturated rings. The molecule has 16 heavy (non-hydrogen) atoms. The summed E-state index contributed by atoms with van der Waals surface area (Å²) in [7, 11) is 0. The Morgan fingerprint density at radius 1 is 1.12 bits per heavy atom. The Labute approximate surface area is 99.1 Å². The van der Waals surface area contributed by atoms with Crippen LogP contribution < -0.4 is 5.32 Å². The van der Waals surface area contributed by atoms with E-state index in [2.05, 4.69) is 22.4 Å². The zero-order valence-corrected chi connectivity index (χ0v) is 10.2. The number of hydrogen-bond acceptors (Lipinski definition) is 2. The van der Waals surface area contributed by atoms with Crippen molar-refractivity contribution in [2.45, 2.75) is 50.6 Å². The average molecular weight is 220 g/mol. The van der Waals surface area contributed by atoms with Crippen molar-refractivity contribution >= 4 is 0 Å². The standard InChI is InChI=1S/C14H24N2/c1-2-5-12(6-3-1)11-15-13-8-10-16-9-4-7-14(13)16/h1-2,12-15H,3-11H2. The van der Waals surface area contributed by atoms with E-state index >= 15 is 0 Å². The van der Waals surface area contributed by atoms with Gasteiger partial charge in [-0.1, -0.05) is 12.2 Å². The van der Waals surface area contributed by atoms with Crippen molar-refractivity contribution in [1.82, 2.24) is 10.2 Å². The topological polar surface area (TPSA) is 15.3 Å². The van der Waals surface area contributed by atoms with Crippen molar-refractivity contribution in [3.63, 3.8) is 0 Å². The average Bonchev–Trinajstić information content (AvgIpc) is 2.90. The zero-order valence-electron chi connectivity index (χ0n) is 10.2. The predicted molar refractivity (Wildman–Crippen MR) is 67.5 cm³/mol. The lowest BCUT2D eigenvalue weighted by Crippen LogP contribution is -2.41. The summed E-state index contributed by atoms with van der Waals surface area (Å²) >= 11 is 0. The van der Waals surface area contributed by atoms with Crippen LogP contribution in [0.3, 0.4) is 0 Å². The molecule has 3 rings (SSSR count). The van der Waals surface area contributed by atoms with E-state index in [4.69, 9.17) is 0 Å². The van der Waals surface area contributed by atoms with Crippen molar-refractivity contribution in [3.05, 3.63) is 12.2 Å². The highest BCUT2D eigenvalue weighted by atomic mass is 15.2. The summed E-state index contributed by atoms with van der Waals surface area (Å²) in [6.45, 7) is 3.95. The van der Waals surface area contributed by atoms with E-state index in [9.17, 15) is 0 Å². The highest BCUT2D eigenvalue weighted by Gasteiger charge is 2.36. The Morgan fingerprint density at radius 2 is 2.12 bits per heavy atom. The molecule has 0 amide bonds. The maximum absolute atomic E-state index is 3.85. The fourth-order valence-electron chi connectivity index (χ4n) is 3.68. The van der Waals surface area contributed by atoms with Crippen molar-refractivity contribution < 1.29 is 0 Å². The van der Waals surface area contributed by atoms with Gasteiger partial charge in [-0.3, -0.25) is 4.90 Å². The van der Waals surface area contributed by atoms with Gasteiger partial charge in [-0.25, -0.2) is 0 Å². The molecular weight excluding hydrogens is 196 g/mol. The quantitative estimate of drug-likeness (QED) is 0.733. The molecule has 90 valence electrons. The Morgan fingerprint density at radius 3 is 3.00 bits per heavy atom. The van der Waals surface area contributed by atoms with Crippen molar-refractivity contribution in [2.24, 2.45) is 5.92 Å². The van der Waals surface area contributed by atoms with Crippen molar-refractivity contribution in [1.29, 1.82) is 0 Å². The molecule has 0 bridgehead atoms. The van der Waals surface area contributed by atoms with Crippen LogP contribution in [0, 0.1) is 5.92 Å². The Bertz CT molecular complexity index is 261. The third kappa shape index (κ3) is 2.18. The van der Waals surface area contributed by atoms with Gasteiger partial charge in [0.15, 0.2) is 0 Å². The molecule has 2 saturated heterocycles. The number of rotatable bonds is 3. The third-order valence-electron chi connectivity index (χ3n) is 4.65. The van der Waals surface area contributed by atoms with Gasteiger partial charge < -0.3 is 5.32 Å². The van der Waals surface area contributed by atoms with Gasteiger partial charge in [-0.15, -0.1) is 0 Å². The first-order valence-corrected chi connectivity index (χ1v) is 7.06. The zero-order chi connectivity index (χ0) is 10.8. The maximum Gasteiger partial charge on any atom is 0.0250 e. The van der Waals surface area contributed by atoms with E-state index in [1.807, 2.05) is 0 Å². The van der Waals surface area contributed by atoms with Gasteiger partial charge in [-0.05, 0) is 57.5 Å². The first-order valence-electron chi connectivity index (χ1n) is 7.06. The van der Waals surface area contributed by atoms with Crippen molar-refractivity contribution in [3.8, 4) is 0 Å². The predicted octanol–water partition coefficient (Wildman–Crippen LogP) is 2.17. The smallest absolute Gasteiger partial charge is 0.0250 e. The second kappa shape index (κ2) is 4.89. The molecule has 2 aliphatic heterocycles. The van der Waals surface area contributed by atoms with Gasteiger partial charge >= 0.3 is 0 Å². The lowest BCUT2D eigenvalue weighted by atomic mass is 9.94. The van der Waals surface area contributed by atoms with Crippen LogP contribution in [0.15, 0.2) is 12.2 Å². The van der Waals surface area contributed by atoms with Gasteiger partial charge in [0, 0.05) is 18.6 Å². The van der Waals surface area contributed by atoms with Crippen LogP contribution in [0.2, 0.25) is 0 Å². The molecule has 2 heteroatoms. The number of nitrogens with zero attached hydrogens (tertiary/aromatic N) is 1. The third-order valence-corrected chi connectivity index (χ3v) is 4.65. The largest absolute Gasteiger partial charge is 0.312 e. The van der Waals surface area contributed by atoms with Crippen molar-refractivity contribution in [2.75, 3.05) is 19.6 Å². The van der Waals surface area contributed by atoms with Crippen LogP contribution in [0.25, 0.3) is 0 Å². The molecule has 3 aliphatic rings. The SMILES string of the molecule is C1=CCC(CNC2CCN3CCCC23)CC1. The Hall–Kier alpha value is -0.340. The maximum atomic E-state index is 3.85. The first-order chi connectivity index (χ1) is 7.93. The lowest BCUT2D eigenvalue weighted by Gasteiger charge is -2.25. The van der Waals surface area contributed by atoms with E-state index < -0.39 is 0 Å². The second-order valence-electron chi connectivity index (χ2n) is 5.70. The first kappa shape index (κ1) is 10.8. The van der Waals surface area contributed by atoms with Crippen LogP contribution in [0.4, 0.5) is 0 Å². The molecule has 0 aromatic heterocycles. The summed E-state index contributed by atoms with van der Waals surface area (Å²) in [4.78, 5) is 2.69. The Kier molecular flexibility index (Phi) is 3.30. The van der Waals surface area contributed by atoms with E-state index in [1.54, 1.807) is 0 Å². The Balaban J connectivity index is 1.46. The molecule has 0 radical (unpaired) electrons. The van der Waals surface area contributed by atoms with E-state index in [0.29, 0.717) is 0 Å². The summed E-state index contributed by atoms with van der Waals surface area (Å²) in [5.74, 6) is 0.903. The molecule has 0 spiro atoms. The summed E-state index contributed by atoms with van der Waals surface area (Å²) in [5.41, 5.74) is 0. The molecule has 0 aromatic carbocycles. The normalized spacial score (nSPS) is 39.1. The number of hydrogen-bond donors (Lipinski definition) is 1. The van der Waals surface area contributed by atoms with Gasteiger partial charge in [0.25, 0.3) is 0 Å². The van der Waals surface area contributed by atoms with Gasteiger partial charge in [0.1, 0.15) is 0 Å². The van der Waals surface area contributed by atoms with E-state index in [-0.39, 0.29) is 0 Å². The minimum atomic E-state index is 0.799. The minimum Gasteiger partial charge on any atom is -0.312 e. The highest BCUT2D eigenvalue weighted by Crippen LogP contribution is 2.28. The van der Waals surface area contributed by atoms with E-state index in [0.717, 1.165) is 18.0 Å². The summed E-state index contributed by atoms with van der Waals surface area (Å²) < 4.78 is 0. The molecule has 1 aliphatic carbocycles. The molecule has 1 N–H and O–H groups in total.